The second kappa shape index (κ2) is 11.1. The zero-order valence-corrected chi connectivity index (χ0v) is 18.9. The molecule has 1 heterocycles. The lowest BCUT2D eigenvalue weighted by Gasteiger charge is -2.23. The van der Waals surface area contributed by atoms with E-state index < -0.39 is 6.04 Å². The highest BCUT2D eigenvalue weighted by Gasteiger charge is 2.38. The van der Waals surface area contributed by atoms with E-state index in [2.05, 4.69) is 5.32 Å². The Morgan fingerprint density at radius 1 is 1.03 bits per heavy atom. The summed E-state index contributed by atoms with van der Waals surface area (Å²) in [5.74, 6) is 0.0238. The molecule has 1 N–H and O–H groups in total. The van der Waals surface area contributed by atoms with Crippen LogP contribution in [0.2, 0.25) is 0 Å². The summed E-state index contributed by atoms with van der Waals surface area (Å²) in [7, 11) is 0. The number of carbonyl (C=O) groups is 2. The molecule has 2 unspecified atom stereocenters. The second-order valence-electron chi connectivity index (χ2n) is 8.23. The molecule has 0 spiro atoms. The largest absolute Gasteiger partial charge is 0.457 e. The summed E-state index contributed by atoms with van der Waals surface area (Å²) in [6.45, 7) is 0.381. The number of hydrogen-bond donors (Lipinski definition) is 1. The van der Waals surface area contributed by atoms with Crippen molar-refractivity contribution in [1.29, 1.82) is 5.26 Å². The molecule has 0 radical (unpaired) electrons. The van der Waals surface area contributed by atoms with Gasteiger partial charge in [0.05, 0.1) is 6.07 Å². The predicted molar refractivity (Wildman–Crippen MR) is 131 cm³/mol. The molecule has 35 heavy (non-hydrogen) atoms. The van der Waals surface area contributed by atoms with Crippen molar-refractivity contribution in [3.05, 3.63) is 96.3 Å². The van der Waals surface area contributed by atoms with Crippen LogP contribution in [0.1, 0.15) is 18.4 Å². The highest BCUT2D eigenvalue weighted by atomic mass is 19.1. The van der Waals surface area contributed by atoms with Gasteiger partial charge in [0.2, 0.25) is 11.8 Å². The minimum atomic E-state index is -0.670. The Hall–Kier alpha value is -4.44. The Balaban J connectivity index is 1.41. The van der Waals surface area contributed by atoms with Gasteiger partial charge in [-0.25, -0.2) is 4.39 Å². The zero-order valence-electron chi connectivity index (χ0n) is 18.9. The fourth-order valence-electron chi connectivity index (χ4n) is 3.98. The lowest BCUT2D eigenvalue weighted by molar-refractivity contribution is -0.135. The molecule has 176 valence electrons. The van der Waals surface area contributed by atoms with Gasteiger partial charge in [-0.05, 0) is 66.4 Å². The van der Waals surface area contributed by atoms with Crippen LogP contribution >= 0.6 is 0 Å². The van der Waals surface area contributed by atoms with Crippen molar-refractivity contribution < 1.29 is 18.7 Å². The van der Waals surface area contributed by atoms with Crippen molar-refractivity contribution in [1.82, 2.24) is 4.90 Å². The summed E-state index contributed by atoms with van der Waals surface area (Å²) in [6, 6.07) is 23.5. The molecule has 0 aromatic heterocycles. The molecule has 0 bridgehead atoms. The van der Waals surface area contributed by atoms with E-state index in [1.165, 1.54) is 29.2 Å². The third-order valence-corrected chi connectivity index (χ3v) is 5.72. The minimum Gasteiger partial charge on any atom is -0.457 e. The third kappa shape index (κ3) is 6.33. The number of benzene rings is 3. The van der Waals surface area contributed by atoms with Crippen LogP contribution < -0.4 is 10.1 Å². The van der Waals surface area contributed by atoms with Crippen molar-refractivity contribution >= 4 is 23.6 Å². The van der Waals surface area contributed by atoms with Crippen LogP contribution in [0.4, 0.5) is 10.1 Å². The van der Waals surface area contributed by atoms with Gasteiger partial charge in [-0.3, -0.25) is 9.59 Å². The summed E-state index contributed by atoms with van der Waals surface area (Å²) >= 11 is 0. The van der Waals surface area contributed by atoms with Crippen molar-refractivity contribution in [2.24, 2.45) is 5.92 Å². The summed E-state index contributed by atoms with van der Waals surface area (Å²) in [4.78, 5) is 27.1. The molecule has 1 fully saturated rings. The second-order valence-corrected chi connectivity index (χ2v) is 8.23. The number of rotatable bonds is 7. The summed E-state index contributed by atoms with van der Waals surface area (Å²) in [6.07, 6.45) is 4.20. The summed E-state index contributed by atoms with van der Waals surface area (Å²) < 4.78 is 18.7. The number of anilines is 1. The van der Waals surface area contributed by atoms with Crippen LogP contribution in [-0.4, -0.2) is 29.3 Å². The molecule has 2 amide bonds. The van der Waals surface area contributed by atoms with Crippen LogP contribution in [0.25, 0.3) is 6.08 Å². The molecule has 4 rings (SSSR count). The fraction of sp³-hybridized carbons (Fsp3) is 0.179. The van der Waals surface area contributed by atoms with Crippen LogP contribution in [-0.2, 0) is 9.59 Å². The first-order valence-electron chi connectivity index (χ1n) is 11.3. The van der Waals surface area contributed by atoms with Crippen LogP contribution in [0.3, 0.4) is 0 Å². The van der Waals surface area contributed by atoms with Crippen LogP contribution in [0, 0.1) is 23.1 Å². The van der Waals surface area contributed by atoms with Gasteiger partial charge in [-0.1, -0.05) is 42.5 Å². The monoisotopic (exact) mass is 469 g/mol. The molecule has 7 heteroatoms. The van der Waals surface area contributed by atoms with Gasteiger partial charge >= 0.3 is 0 Å². The van der Waals surface area contributed by atoms with Crippen LogP contribution in [0.5, 0.6) is 11.5 Å². The van der Waals surface area contributed by atoms with E-state index in [9.17, 15) is 14.0 Å². The van der Waals surface area contributed by atoms with Gasteiger partial charge in [0.15, 0.2) is 0 Å². The van der Waals surface area contributed by atoms with Gasteiger partial charge in [-0.15, -0.1) is 0 Å². The minimum absolute atomic E-state index is 0.0000779. The number of nitrogens with one attached hydrogen (secondary N) is 1. The predicted octanol–water partition coefficient (Wildman–Crippen LogP) is 5.40. The Bertz CT molecular complexity index is 1240. The fourth-order valence-corrected chi connectivity index (χ4v) is 3.98. The molecule has 1 aliphatic heterocycles. The maximum atomic E-state index is 13.1. The molecular weight excluding hydrogens is 445 g/mol. The highest BCUT2D eigenvalue weighted by Crippen LogP contribution is 2.28. The number of carbonyl (C=O) groups excluding carboxylic acids is 2. The molecule has 3 aromatic carbocycles. The first-order chi connectivity index (χ1) is 17.0. The maximum Gasteiger partial charge on any atom is 0.247 e. The van der Waals surface area contributed by atoms with E-state index in [1.54, 1.807) is 24.3 Å². The standard InChI is InChI=1S/C28H24FN3O3/c29-22-8-12-24(13-9-22)35-25-14-10-23(11-15-25)31-28(34)26-18-21(19-32(26)27(33)16-17-30)7-6-20-4-2-1-3-5-20/h1-15,21,26H,16,18-19H2,(H,31,34). The lowest BCUT2D eigenvalue weighted by Crippen LogP contribution is -2.43. The van der Waals surface area contributed by atoms with Gasteiger partial charge in [0.1, 0.15) is 29.8 Å². The Morgan fingerprint density at radius 2 is 1.69 bits per heavy atom. The summed E-state index contributed by atoms with van der Waals surface area (Å²) in [5, 5.41) is 11.8. The smallest absolute Gasteiger partial charge is 0.247 e. The van der Waals surface area contributed by atoms with E-state index in [-0.39, 0.29) is 30.0 Å². The number of amides is 2. The number of nitrogens with zero attached hydrogens (tertiary/aromatic N) is 2. The maximum absolute atomic E-state index is 13.1. The van der Waals surface area contributed by atoms with Crippen molar-refractivity contribution in [3.8, 4) is 17.6 Å². The molecule has 1 aliphatic rings. The van der Waals surface area contributed by atoms with Gasteiger partial charge in [0.25, 0.3) is 0 Å². The van der Waals surface area contributed by atoms with E-state index in [0.717, 1.165) is 5.56 Å². The zero-order chi connectivity index (χ0) is 24.6. The Kier molecular flexibility index (Phi) is 7.53. The molecule has 0 saturated carbocycles. The third-order valence-electron chi connectivity index (χ3n) is 5.72. The number of nitriles is 1. The van der Waals surface area contributed by atoms with Gasteiger partial charge in [-0.2, -0.15) is 5.26 Å². The first kappa shape index (κ1) is 23.7. The van der Waals surface area contributed by atoms with E-state index in [1.807, 2.05) is 48.6 Å². The average Bonchev–Trinajstić information content (AvgIpc) is 3.31. The number of ether oxygens (including phenoxy) is 1. The summed E-state index contributed by atoms with van der Waals surface area (Å²) in [5.41, 5.74) is 1.59. The van der Waals surface area contributed by atoms with Crippen molar-refractivity contribution in [2.75, 3.05) is 11.9 Å². The molecule has 3 aromatic rings. The normalized spacial score (nSPS) is 17.2. The van der Waals surface area contributed by atoms with E-state index >= 15 is 0 Å². The molecule has 2 atom stereocenters. The first-order valence-corrected chi connectivity index (χ1v) is 11.3. The lowest BCUT2D eigenvalue weighted by atomic mass is 10.0. The quantitative estimate of drug-likeness (QED) is 0.502. The topological polar surface area (TPSA) is 82.4 Å². The molecule has 1 saturated heterocycles. The van der Waals surface area contributed by atoms with Gasteiger partial charge < -0.3 is 15.0 Å². The van der Waals surface area contributed by atoms with E-state index in [0.29, 0.717) is 30.2 Å². The number of halogens is 1. The number of likely N-dealkylation sites (tertiary alicyclic amines) is 1. The van der Waals surface area contributed by atoms with Gasteiger partial charge in [0, 0.05) is 12.2 Å². The Morgan fingerprint density at radius 3 is 2.34 bits per heavy atom. The SMILES string of the molecule is N#CCC(=O)N1CC(C=Cc2ccccc2)CC1C(=O)Nc1ccc(Oc2ccc(F)cc2)cc1. The van der Waals surface area contributed by atoms with E-state index in [4.69, 9.17) is 10.00 Å². The Labute approximate surface area is 203 Å². The molecule has 6 nitrogen and oxygen atoms in total. The molecular formula is C28H24FN3O3. The average molecular weight is 470 g/mol. The van der Waals surface area contributed by atoms with Crippen molar-refractivity contribution in [2.45, 2.75) is 18.9 Å². The van der Waals surface area contributed by atoms with Crippen molar-refractivity contribution in [3.63, 3.8) is 0 Å². The number of hydrogen-bond acceptors (Lipinski definition) is 4. The highest BCUT2D eigenvalue weighted by molar-refractivity contribution is 5.97. The molecule has 0 aliphatic carbocycles. The van der Waals surface area contributed by atoms with Crippen LogP contribution in [0.15, 0.2) is 84.9 Å².